The van der Waals surface area contributed by atoms with Gasteiger partial charge in [0.2, 0.25) is 5.91 Å². The molecule has 3 aliphatic rings. The number of carbonyl (C=O) groups excluding carboxylic acids is 1. The lowest BCUT2D eigenvalue weighted by Gasteiger charge is -2.44. The Morgan fingerprint density at radius 1 is 1.25 bits per heavy atom. The monoisotopic (exact) mass is 276 g/mol. The lowest BCUT2D eigenvalue weighted by Crippen LogP contribution is -2.51. The van der Waals surface area contributed by atoms with Crippen LogP contribution in [0.25, 0.3) is 0 Å². The summed E-state index contributed by atoms with van der Waals surface area (Å²) in [7, 11) is 1.75. The Morgan fingerprint density at radius 3 is 2.40 bits per heavy atom. The van der Waals surface area contributed by atoms with E-state index in [9.17, 15) is 4.79 Å². The van der Waals surface area contributed by atoms with Crippen molar-refractivity contribution in [2.45, 2.75) is 57.0 Å². The van der Waals surface area contributed by atoms with Gasteiger partial charge in [-0.15, -0.1) is 0 Å². The van der Waals surface area contributed by atoms with Crippen LogP contribution >= 0.6 is 0 Å². The zero-order valence-electron chi connectivity index (χ0n) is 12.2. The molecule has 0 aromatic carbocycles. The summed E-state index contributed by atoms with van der Waals surface area (Å²) in [6.45, 7) is 0.698. The van der Waals surface area contributed by atoms with Gasteiger partial charge < -0.3 is 15.2 Å². The van der Waals surface area contributed by atoms with Gasteiger partial charge in [0.25, 0.3) is 0 Å². The molecule has 110 valence electrons. The number of amides is 1. The molecule has 0 radical (unpaired) electrons. The van der Waals surface area contributed by atoms with Gasteiger partial charge in [0, 0.05) is 25.8 Å². The molecule has 2 N–H and O–H groups in total. The van der Waals surface area contributed by atoms with Crippen LogP contribution in [-0.2, 0) is 4.79 Å². The second kappa shape index (κ2) is 4.86. The first-order valence-electron chi connectivity index (χ1n) is 7.72. The van der Waals surface area contributed by atoms with E-state index in [4.69, 9.17) is 10.8 Å². The van der Waals surface area contributed by atoms with Crippen molar-refractivity contribution in [3.05, 3.63) is 0 Å². The molecule has 5 nitrogen and oxygen atoms in total. The summed E-state index contributed by atoms with van der Waals surface area (Å²) in [5.41, 5.74) is -0.276. The standard InChI is InChI=1S/C15H24N4O/c1-18-12(9-16)13(17)19(11-5-2-3-6-11)10-15(14(18)20)7-4-8-15/h9,11-12,16-17H,2-8,10H2,1H3. The molecule has 2 saturated carbocycles. The number of carbonyl (C=O) groups is 1. The molecule has 5 heteroatoms. The Balaban J connectivity index is 1.94. The zero-order chi connectivity index (χ0) is 14.3. The Kier molecular flexibility index (Phi) is 3.30. The fourth-order valence-corrected chi connectivity index (χ4v) is 4.04. The molecule has 3 rings (SSSR count). The number of rotatable bonds is 2. The van der Waals surface area contributed by atoms with Crippen LogP contribution < -0.4 is 0 Å². The first-order chi connectivity index (χ1) is 9.59. The lowest BCUT2D eigenvalue weighted by atomic mass is 9.67. The van der Waals surface area contributed by atoms with Crippen LogP contribution in [0.1, 0.15) is 44.9 Å². The van der Waals surface area contributed by atoms with Crippen LogP contribution in [0.5, 0.6) is 0 Å². The minimum Gasteiger partial charge on any atom is -0.354 e. The van der Waals surface area contributed by atoms with Gasteiger partial charge in [-0.1, -0.05) is 19.3 Å². The van der Waals surface area contributed by atoms with Crippen LogP contribution in [0.2, 0.25) is 0 Å². The van der Waals surface area contributed by atoms with Crippen LogP contribution in [0.15, 0.2) is 0 Å². The summed E-state index contributed by atoms with van der Waals surface area (Å²) in [6, 6.07) is -0.0789. The summed E-state index contributed by atoms with van der Waals surface area (Å²) in [6.07, 6.45) is 8.94. The van der Waals surface area contributed by atoms with Crippen molar-refractivity contribution < 1.29 is 4.79 Å². The summed E-state index contributed by atoms with van der Waals surface area (Å²) in [5, 5.41) is 16.1. The van der Waals surface area contributed by atoms with Gasteiger partial charge in [0.15, 0.2) is 0 Å². The number of hydrogen-bond donors (Lipinski definition) is 2. The molecule has 20 heavy (non-hydrogen) atoms. The summed E-state index contributed by atoms with van der Waals surface area (Å²) < 4.78 is 0. The van der Waals surface area contributed by atoms with Crippen LogP contribution in [0, 0.1) is 16.2 Å². The van der Waals surface area contributed by atoms with E-state index in [1.165, 1.54) is 19.1 Å². The van der Waals surface area contributed by atoms with Crippen molar-refractivity contribution in [2.24, 2.45) is 5.41 Å². The number of likely N-dealkylation sites (N-methyl/N-ethyl adjacent to an activating group) is 1. The Hall–Kier alpha value is -1.39. The van der Waals surface area contributed by atoms with Gasteiger partial charge in [-0.3, -0.25) is 10.2 Å². The van der Waals surface area contributed by atoms with E-state index in [2.05, 4.69) is 4.90 Å². The third kappa shape index (κ3) is 1.86. The van der Waals surface area contributed by atoms with Gasteiger partial charge >= 0.3 is 0 Å². The summed E-state index contributed by atoms with van der Waals surface area (Å²) >= 11 is 0. The van der Waals surface area contributed by atoms with Crippen molar-refractivity contribution in [1.82, 2.24) is 9.80 Å². The van der Waals surface area contributed by atoms with E-state index in [0.717, 1.165) is 32.1 Å². The van der Waals surface area contributed by atoms with Gasteiger partial charge in [-0.05, 0) is 25.7 Å². The average molecular weight is 276 g/mol. The molecule has 1 atom stereocenters. The molecule has 0 aromatic heterocycles. The molecule has 1 amide bonds. The summed E-state index contributed by atoms with van der Waals surface area (Å²) in [4.78, 5) is 16.5. The van der Waals surface area contributed by atoms with E-state index in [0.29, 0.717) is 18.4 Å². The van der Waals surface area contributed by atoms with Crippen LogP contribution in [0.3, 0.4) is 0 Å². The molecule has 1 saturated heterocycles. The van der Waals surface area contributed by atoms with Gasteiger partial charge in [-0.25, -0.2) is 0 Å². The second-order valence-corrected chi connectivity index (χ2v) is 6.61. The Labute approximate surface area is 120 Å². The van der Waals surface area contributed by atoms with E-state index in [-0.39, 0.29) is 11.3 Å². The maximum atomic E-state index is 12.7. The lowest BCUT2D eigenvalue weighted by molar-refractivity contribution is -0.145. The highest BCUT2D eigenvalue weighted by atomic mass is 16.2. The van der Waals surface area contributed by atoms with Crippen molar-refractivity contribution in [3.8, 4) is 0 Å². The predicted molar refractivity (Wildman–Crippen MR) is 78.3 cm³/mol. The van der Waals surface area contributed by atoms with Crippen molar-refractivity contribution in [1.29, 1.82) is 10.8 Å². The topological polar surface area (TPSA) is 71.2 Å². The second-order valence-electron chi connectivity index (χ2n) is 6.61. The normalized spacial score (nSPS) is 30.6. The molecule has 1 spiro atoms. The molecule has 1 unspecified atom stereocenters. The molecular formula is C15H24N4O. The minimum atomic E-state index is -0.483. The number of nitrogens with one attached hydrogen (secondary N) is 2. The number of nitrogens with zero attached hydrogens (tertiary/aromatic N) is 2. The van der Waals surface area contributed by atoms with Crippen molar-refractivity contribution >= 4 is 18.0 Å². The summed E-state index contributed by atoms with van der Waals surface area (Å²) in [5.74, 6) is 0.592. The number of amidine groups is 1. The zero-order valence-corrected chi connectivity index (χ0v) is 12.2. The molecule has 1 aliphatic heterocycles. The Morgan fingerprint density at radius 2 is 1.90 bits per heavy atom. The van der Waals surface area contributed by atoms with Crippen molar-refractivity contribution in [2.75, 3.05) is 13.6 Å². The molecule has 0 aromatic rings. The molecule has 3 fully saturated rings. The van der Waals surface area contributed by atoms with E-state index in [1.807, 2.05) is 0 Å². The SMILES string of the molecule is CN1C(=O)C2(CCC2)CN(C2CCCC2)C(=N)C1C=N. The third-order valence-corrected chi connectivity index (χ3v) is 5.49. The highest BCUT2D eigenvalue weighted by molar-refractivity contribution is 6.04. The minimum absolute atomic E-state index is 0.141. The molecular weight excluding hydrogens is 252 g/mol. The molecule has 0 bridgehead atoms. The fourth-order valence-electron chi connectivity index (χ4n) is 4.04. The van der Waals surface area contributed by atoms with Gasteiger partial charge in [0.05, 0.1) is 5.41 Å². The van der Waals surface area contributed by atoms with E-state index >= 15 is 0 Å². The van der Waals surface area contributed by atoms with Gasteiger partial charge in [0.1, 0.15) is 11.9 Å². The quantitative estimate of drug-likeness (QED) is 0.756. The fraction of sp³-hybridized carbons (Fsp3) is 0.800. The molecule has 1 heterocycles. The van der Waals surface area contributed by atoms with E-state index in [1.54, 1.807) is 11.9 Å². The highest BCUT2D eigenvalue weighted by Gasteiger charge is 2.52. The van der Waals surface area contributed by atoms with Crippen molar-refractivity contribution in [3.63, 3.8) is 0 Å². The molecule has 2 aliphatic carbocycles. The largest absolute Gasteiger partial charge is 0.354 e. The van der Waals surface area contributed by atoms with E-state index < -0.39 is 6.04 Å². The first kappa shape index (κ1) is 13.6. The first-order valence-corrected chi connectivity index (χ1v) is 7.72. The van der Waals surface area contributed by atoms with Gasteiger partial charge in [-0.2, -0.15) is 0 Å². The van der Waals surface area contributed by atoms with Crippen LogP contribution in [0.4, 0.5) is 0 Å². The number of hydrogen-bond acceptors (Lipinski definition) is 3. The van der Waals surface area contributed by atoms with Crippen LogP contribution in [-0.4, -0.2) is 53.4 Å². The predicted octanol–water partition coefficient (Wildman–Crippen LogP) is 1.87. The smallest absolute Gasteiger partial charge is 0.231 e. The third-order valence-electron chi connectivity index (χ3n) is 5.49. The Bertz CT molecular complexity index is 437. The average Bonchev–Trinajstić information content (AvgIpc) is 2.89. The maximum Gasteiger partial charge on any atom is 0.231 e. The highest BCUT2D eigenvalue weighted by Crippen LogP contribution is 2.45. The maximum absolute atomic E-state index is 12.7.